The van der Waals surface area contributed by atoms with E-state index in [2.05, 4.69) is 10.5 Å². The molecule has 0 unspecified atom stereocenters. The van der Waals surface area contributed by atoms with Gasteiger partial charge in [-0.1, -0.05) is 23.4 Å². The molecule has 0 bridgehead atoms. The fraction of sp³-hybridized carbons (Fsp3) is 0.200. The van der Waals surface area contributed by atoms with Gasteiger partial charge >= 0.3 is 0 Å². The average Bonchev–Trinajstić information content (AvgIpc) is 3.48. The number of hydrogen-bond donors (Lipinski definition) is 1. The highest BCUT2D eigenvalue weighted by Gasteiger charge is 2.24. The molecule has 188 valence electrons. The van der Waals surface area contributed by atoms with Gasteiger partial charge in [-0.25, -0.2) is 10.4 Å². The second-order valence-electron chi connectivity index (χ2n) is 8.37. The Bertz CT molecular complexity index is 1610. The van der Waals surface area contributed by atoms with E-state index in [-0.39, 0.29) is 22.9 Å². The monoisotopic (exact) mass is 553 g/mol. The van der Waals surface area contributed by atoms with Crippen molar-refractivity contribution in [1.29, 1.82) is 0 Å². The Balaban J connectivity index is 1.38. The third-order valence-electron chi connectivity index (χ3n) is 5.97. The molecule has 0 fully saturated rings. The van der Waals surface area contributed by atoms with Crippen molar-refractivity contribution < 1.29 is 9.72 Å². The highest BCUT2D eigenvalue weighted by Crippen LogP contribution is 2.36. The Morgan fingerprint density at radius 3 is 2.65 bits per heavy atom. The van der Waals surface area contributed by atoms with E-state index in [1.807, 2.05) is 0 Å². The Morgan fingerprint density at radius 2 is 1.95 bits per heavy atom. The summed E-state index contributed by atoms with van der Waals surface area (Å²) in [5, 5.41) is 16.6. The van der Waals surface area contributed by atoms with Gasteiger partial charge in [0.1, 0.15) is 4.83 Å². The number of nitro benzene ring substituents is 1. The maximum Gasteiger partial charge on any atom is 0.269 e. The Labute approximate surface area is 224 Å². The van der Waals surface area contributed by atoms with Crippen LogP contribution in [0.25, 0.3) is 15.9 Å². The first-order valence-corrected chi connectivity index (χ1v) is 13.5. The summed E-state index contributed by atoms with van der Waals surface area (Å²) in [4.78, 5) is 43.3. The number of benzene rings is 2. The fourth-order valence-electron chi connectivity index (χ4n) is 4.14. The molecule has 0 atom stereocenters. The number of hydrogen-bond acceptors (Lipinski definition) is 8. The predicted molar refractivity (Wildman–Crippen MR) is 146 cm³/mol. The highest BCUT2D eigenvalue weighted by molar-refractivity contribution is 7.99. The quantitative estimate of drug-likeness (QED) is 0.111. The van der Waals surface area contributed by atoms with E-state index in [0.29, 0.717) is 37.4 Å². The van der Waals surface area contributed by atoms with Crippen LogP contribution in [-0.4, -0.2) is 31.8 Å². The predicted octanol–water partition coefficient (Wildman–Crippen LogP) is 5.13. The largest absolute Gasteiger partial charge is 0.272 e. The van der Waals surface area contributed by atoms with Crippen molar-refractivity contribution >= 4 is 62.2 Å². The van der Waals surface area contributed by atoms with Gasteiger partial charge in [-0.3, -0.25) is 24.3 Å². The first-order chi connectivity index (χ1) is 17.8. The number of rotatable bonds is 7. The number of non-ortho nitro benzene ring substituents is 1. The number of thiophene rings is 1. The number of carbonyl (C=O) groups is 1. The van der Waals surface area contributed by atoms with Crippen LogP contribution in [0.15, 0.2) is 63.6 Å². The zero-order valence-corrected chi connectivity index (χ0v) is 22.0. The van der Waals surface area contributed by atoms with Gasteiger partial charge in [0, 0.05) is 22.0 Å². The number of nitrogens with one attached hydrogen (secondary N) is 1. The minimum absolute atomic E-state index is 0.0202. The van der Waals surface area contributed by atoms with Crippen LogP contribution in [0.5, 0.6) is 0 Å². The number of aromatic nitrogens is 2. The normalized spacial score (nSPS) is 13.1. The summed E-state index contributed by atoms with van der Waals surface area (Å²) in [6, 6.07) is 12.8. The summed E-state index contributed by atoms with van der Waals surface area (Å²) in [5.74, 6) is -0.398. The van der Waals surface area contributed by atoms with E-state index in [1.54, 1.807) is 54.7 Å². The molecule has 1 aliphatic carbocycles. The number of nitrogens with zero attached hydrogens (tertiary/aromatic N) is 4. The zero-order valence-electron chi connectivity index (χ0n) is 19.6. The topological polar surface area (TPSA) is 119 Å². The van der Waals surface area contributed by atoms with Crippen LogP contribution in [-0.2, 0) is 17.6 Å². The van der Waals surface area contributed by atoms with E-state index in [4.69, 9.17) is 16.6 Å². The number of halogens is 1. The molecular formula is C25H20ClN5O4S2. The molecule has 1 N–H and O–H groups in total. The fourth-order valence-corrected chi connectivity index (χ4v) is 6.37. The van der Waals surface area contributed by atoms with E-state index in [1.165, 1.54) is 21.6 Å². The molecule has 0 spiro atoms. The van der Waals surface area contributed by atoms with Gasteiger partial charge < -0.3 is 0 Å². The van der Waals surface area contributed by atoms with Crippen molar-refractivity contribution in [3.8, 4) is 5.69 Å². The third-order valence-corrected chi connectivity index (χ3v) is 8.35. The number of thioether (sulfide) groups is 1. The van der Waals surface area contributed by atoms with Crippen molar-refractivity contribution in [2.45, 2.75) is 31.3 Å². The number of fused-ring (bicyclic) bond motifs is 3. The molecule has 37 heavy (non-hydrogen) atoms. The lowest BCUT2D eigenvalue weighted by Gasteiger charge is -2.12. The van der Waals surface area contributed by atoms with Crippen LogP contribution >= 0.6 is 34.7 Å². The molecule has 0 radical (unpaired) electrons. The number of hydrazone groups is 1. The summed E-state index contributed by atoms with van der Waals surface area (Å²) < 4.78 is 1.54. The van der Waals surface area contributed by atoms with Gasteiger partial charge in [0.15, 0.2) is 5.16 Å². The molecule has 9 nitrogen and oxygen atoms in total. The summed E-state index contributed by atoms with van der Waals surface area (Å²) in [6.07, 6.45) is 2.86. The van der Waals surface area contributed by atoms with Crippen molar-refractivity contribution in [1.82, 2.24) is 15.0 Å². The van der Waals surface area contributed by atoms with Crippen molar-refractivity contribution in [2.24, 2.45) is 5.10 Å². The molecule has 4 aromatic rings. The van der Waals surface area contributed by atoms with Gasteiger partial charge in [0.05, 0.1) is 27.5 Å². The van der Waals surface area contributed by atoms with Crippen molar-refractivity contribution in [3.05, 3.63) is 90.0 Å². The van der Waals surface area contributed by atoms with Crippen molar-refractivity contribution in [2.75, 3.05) is 5.75 Å². The lowest BCUT2D eigenvalue weighted by molar-refractivity contribution is -0.384. The first kappa shape index (κ1) is 25.1. The van der Waals surface area contributed by atoms with Gasteiger partial charge in [0.2, 0.25) is 0 Å². The van der Waals surface area contributed by atoms with E-state index in [9.17, 15) is 19.7 Å². The Hall–Kier alpha value is -3.54. The molecule has 2 aromatic heterocycles. The minimum Gasteiger partial charge on any atom is -0.272 e. The van der Waals surface area contributed by atoms with Crippen LogP contribution in [0.4, 0.5) is 5.69 Å². The molecule has 1 amide bonds. The molecule has 0 saturated carbocycles. The standard InChI is InChI=1S/C25H20ClN5O4S2/c1-14(15-5-9-18(10-6-15)31(34)35)28-29-21(32)13-36-25-27-23-22(19-3-2-4-20(19)37-23)24(33)30(25)17-11-7-16(26)8-12-17/h5-12H,2-4,13H2,1H3,(H,29,32). The van der Waals surface area contributed by atoms with Crippen LogP contribution in [0.3, 0.4) is 0 Å². The Kier molecular flexibility index (Phi) is 7.09. The van der Waals surface area contributed by atoms with Gasteiger partial charge in [-0.05, 0) is 73.7 Å². The zero-order chi connectivity index (χ0) is 26.1. The SMILES string of the molecule is CC(=NNC(=O)CSc1nc2sc3c(c2c(=O)n1-c1ccc(Cl)cc1)CCC3)c1ccc([N+](=O)[O-])cc1. The molecule has 5 rings (SSSR count). The van der Waals surface area contributed by atoms with Crippen LogP contribution in [0, 0.1) is 10.1 Å². The molecule has 12 heteroatoms. The Morgan fingerprint density at radius 1 is 1.22 bits per heavy atom. The van der Waals surface area contributed by atoms with Crippen LogP contribution in [0.1, 0.15) is 29.3 Å². The van der Waals surface area contributed by atoms with Crippen LogP contribution < -0.4 is 11.0 Å². The lowest BCUT2D eigenvalue weighted by Crippen LogP contribution is -2.24. The number of carbonyl (C=O) groups excluding carboxylic acids is 1. The van der Waals surface area contributed by atoms with Crippen LogP contribution in [0.2, 0.25) is 5.02 Å². The third kappa shape index (κ3) is 5.15. The summed E-state index contributed by atoms with van der Waals surface area (Å²) in [7, 11) is 0. The molecule has 2 aromatic carbocycles. The molecular weight excluding hydrogens is 534 g/mol. The minimum atomic E-state index is -0.478. The summed E-state index contributed by atoms with van der Waals surface area (Å²) in [6.45, 7) is 1.69. The summed E-state index contributed by atoms with van der Waals surface area (Å²) in [5.41, 5.74) is 5.18. The van der Waals surface area contributed by atoms with E-state index in [0.717, 1.165) is 36.6 Å². The second-order valence-corrected chi connectivity index (χ2v) is 10.8. The van der Waals surface area contributed by atoms with Gasteiger partial charge in [0.25, 0.3) is 17.2 Å². The number of nitro groups is 1. The van der Waals surface area contributed by atoms with E-state index < -0.39 is 4.92 Å². The van der Waals surface area contributed by atoms with Gasteiger partial charge in [-0.15, -0.1) is 11.3 Å². The second kappa shape index (κ2) is 10.4. The molecule has 0 aliphatic heterocycles. The highest BCUT2D eigenvalue weighted by atomic mass is 35.5. The number of aryl methyl sites for hydroxylation is 2. The molecule has 0 saturated heterocycles. The average molecular weight is 554 g/mol. The van der Waals surface area contributed by atoms with E-state index >= 15 is 0 Å². The first-order valence-electron chi connectivity index (χ1n) is 11.4. The smallest absolute Gasteiger partial charge is 0.269 e. The number of amides is 1. The maximum absolute atomic E-state index is 13.7. The lowest BCUT2D eigenvalue weighted by atomic mass is 10.1. The van der Waals surface area contributed by atoms with Gasteiger partial charge in [-0.2, -0.15) is 5.10 Å². The molecule has 1 aliphatic rings. The van der Waals surface area contributed by atoms with Crippen molar-refractivity contribution in [3.63, 3.8) is 0 Å². The summed E-state index contributed by atoms with van der Waals surface area (Å²) >= 11 is 8.75. The maximum atomic E-state index is 13.7. The molecule has 2 heterocycles.